The zero-order valence-corrected chi connectivity index (χ0v) is 9.50. The molecule has 0 radical (unpaired) electrons. The quantitative estimate of drug-likeness (QED) is 0.736. The smallest absolute Gasteiger partial charge is 0.314 e. The molecule has 1 aromatic rings. The van der Waals surface area contributed by atoms with E-state index in [1.54, 1.807) is 13.0 Å². The number of halogens is 2. The summed E-state index contributed by atoms with van der Waals surface area (Å²) in [5.74, 6) is -0.505. The topological polar surface area (TPSA) is 38.9 Å². The van der Waals surface area contributed by atoms with Crippen LogP contribution in [0.15, 0.2) is 22.1 Å². The van der Waals surface area contributed by atoms with Crippen LogP contribution in [0.3, 0.4) is 0 Å². The molecule has 1 aromatic heterocycles. The van der Waals surface area contributed by atoms with E-state index in [4.69, 9.17) is 4.42 Å². The third-order valence-corrected chi connectivity index (χ3v) is 2.14. The molecule has 0 aliphatic rings. The van der Waals surface area contributed by atoms with Crippen LogP contribution < -0.4 is 0 Å². The summed E-state index contributed by atoms with van der Waals surface area (Å²) in [5.41, 5.74) is 1.86. The fraction of sp³-hybridized carbons (Fsp3) is 0.455. The van der Waals surface area contributed by atoms with Gasteiger partial charge >= 0.3 is 6.43 Å². The zero-order valence-electron chi connectivity index (χ0n) is 9.50. The molecule has 0 aliphatic heterocycles. The van der Waals surface area contributed by atoms with Gasteiger partial charge in [-0.2, -0.15) is 8.78 Å². The van der Waals surface area contributed by atoms with Gasteiger partial charge in [0, 0.05) is 5.57 Å². The van der Waals surface area contributed by atoms with E-state index in [1.807, 2.05) is 19.9 Å². The molecule has 0 aromatic carbocycles. The van der Waals surface area contributed by atoms with E-state index in [1.165, 1.54) is 5.57 Å². The number of hydrogen-bond donors (Lipinski definition) is 0. The van der Waals surface area contributed by atoms with Crippen LogP contribution in [0.4, 0.5) is 8.78 Å². The second-order valence-electron chi connectivity index (χ2n) is 3.46. The molecule has 0 N–H and O–H groups in total. The Balaban J connectivity index is 2.84. The van der Waals surface area contributed by atoms with Crippen molar-refractivity contribution in [3.05, 3.63) is 29.5 Å². The first-order chi connectivity index (χ1) is 7.54. The lowest BCUT2D eigenvalue weighted by Crippen LogP contribution is -1.81. The van der Waals surface area contributed by atoms with E-state index in [0.717, 1.165) is 6.42 Å². The first-order valence-corrected chi connectivity index (χ1v) is 5.00. The van der Waals surface area contributed by atoms with Crippen molar-refractivity contribution in [1.29, 1.82) is 0 Å². The minimum atomic E-state index is -2.72. The van der Waals surface area contributed by atoms with E-state index in [0.29, 0.717) is 5.57 Å². The standard InChI is InChI=1S/C11H14F2N2O/c1-4-7(2)5-6-8(3)10-14-15-11(16-10)9(12)13/h5-6,9H,4H2,1-3H3/b7-5+,8-6+. The molecule has 0 fully saturated rings. The second-order valence-corrected chi connectivity index (χ2v) is 3.46. The van der Waals surface area contributed by atoms with Gasteiger partial charge in [0.15, 0.2) is 0 Å². The highest BCUT2D eigenvalue weighted by Crippen LogP contribution is 2.20. The minimum absolute atomic E-state index is 0.135. The van der Waals surface area contributed by atoms with Crippen LogP contribution in [0, 0.1) is 0 Å². The highest BCUT2D eigenvalue weighted by molar-refractivity contribution is 5.57. The number of nitrogens with zero attached hydrogens (tertiary/aromatic N) is 2. The summed E-state index contributed by atoms with van der Waals surface area (Å²) in [6.07, 6.45) is 1.90. The first kappa shape index (κ1) is 12.5. The Morgan fingerprint density at radius 3 is 2.50 bits per heavy atom. The summed E-state index contributed by atoms with van der Waals surface area (Å²) in [4.78, 5) is 0. The Morgan fingerprint density at radius 2 is 2.00 bits per heavy atom. The van der Waals surface area contributed by atoms with Crippen LogP contribution in [0.2, 0.25) is 0 Å². The van der Waals surface area contributed by atoms with Crippen LogP contribution in [0.1, 0.15) is 45.4 Å². The fourth-order valence-corrected chi connectivity index (χ4v) is 0.939. The molecule has 0 unspecified atom stereocenters. The van der Waals surface area contributed by atoms with Gasteiger partial charge in [0.1, 0.15) is 0 Å². The van der Waals surface area contributed by atoms with Gasteiger partial charge in [0.2, 0.25) is 5.89 Å². The normalized spacial score (nSPS) is 13.6. The summed E-state index contributed by atoms with van der Waals surface area (Å²) >= 11 is 0. The van der Waals surface area contributed by atoms with Gasteiger partial charge in [-0.25, -0.2) is 0 Å². The molecule has 3 nitrogen and oxygen atoms in total. The molecule has 0 saturated carbocycles. The number of rotatable bonds is 4. The van der Waals surface area contributed by atoms with Crippen LogP contribution >= 0.6 is 0 Å². The average molecular weight is 228 g/mol. The van der Waals surface area contributed by atoms with Gasteiger partial charge in [0.25, 0.3) is 5.89 Å². The van der Waals surface area contributed by atoms with Crippen molar-refractivity contribution >= 4 is 5.57 Å². The Kier molecular flexibility index (Phi) is 4.34. The maximum absolute atomic E-state index is 12.2. The second kappa shape index (κ2) is 5.53. The Hall–Kier alpha value is -1.52. The maximum Gasteiger partial charge on any atom is 0.314 e. The van der Waals surface area contributed by atoms with Gasteiger partial charge in [-0.1, -0.05) is 24.6 Å². The summed E-state index contributed by atoms with van der Waals surface area (Å²) < 4.78 is 29.2. The minimum Gasteiger partial charge on any atom is -0.415 e. The fourth-order valence-electron chi connectivity index (χ4n) is 0.939. The van der Waals surface area contributed by atoms with Gasteiger partial charge < -0.3 is 4.42 Å². The van der Waals surface area contributed by atoms with Crippen molar-refractivity contribution in [3.63, 3.8) is 0 Å². The molecule has 1 rings (SSSR count). The molecule has 0 aliphatic carbocycles. The third kappa shape index (κ3) is 3.25. The number of allylic oxidation sites excluding steroid dienone is 4. The molecule has 0 spiro atoms. The highest BCUT2D eigenvalue weighted by Gasteiger charge is 2.16. The van der Waals surface area contributed by atoms with Gasteiger partial charge in [0.05, 0.1) is 0 Å². The third-order valence-electron chi connectivity index (χ3n) is 2.14. The van der Waals surface area contributed by atoms with E-state index in [-0.39, 0.29) is 5.89 Å². The lowest BCUT2D eigenvalue weighted by Gasteiger charge is -1.93. The number of aromatic nitrogens is 2. The molecule has 0 bridgehead atoms. The highest BCUT2D eigenvalue weighted by atomic mass is 19.3. The molecule has 16 heavy (non-hydrogen) atoms. The predicted molar refractivity (Wildman–Crippen MR) is 57.0 cm³/mol. The molecule has 5 heteroatoms. The van der Waals surface area contributed by atoms with E-state index >= 15 is 0 Å². The largest absolute Gasteiger partial charge is 0.415 e. The van der Waals surface area contributed by atoms with E-state index < -0.39 is 12.3 Å². The lowest BCUT2D eigenvalue weighted by atomic mass is 10.2. The SMILES string of the molecule is CC/C(C)=C/C=C(\C)c1nnc(C(F)F)o1. The molecule has 0 atom stereocenters. The molecular weight excluding hydrogens is 214 g/mol. The number of alkyl halides is 2. The summed E-state index contributed by atoms with van der Waals surface area (Å²) in [6, 6.07) is 0. The van der Waals surface area contributed by atoms with Crippen LogP contribution in [-0.2, 0) is 0 Å². The lowest BCUT2D eigenvalue weighted by molar-refractivity contribution is 0.114. The molecule has 1 heterocycles. The predicted octanol–water partition coefficient (Wildman–Crippen LogP) is 3.77. The van der Waals surface area contributed by atoms with Crippen LogP contribution in [0.5, 0.6) is 0 Å². The van der Waals surface area contributed by atoms with E-state index in [2.05, 4.69) is 10.2 Å². The van der Waals surface area contributed by atoms with Crippen LogP contribution in [-0.4, -0.2) is 10.2 Å². The number of hydrogen-bond acceptors (Lipinski definition) is 3. The van der Waals surface area contributed by atoms with Gasteiger partial charge in [-0.05, 0) is 20.3 Å². The Labute approximate surface area is 92.9 Å². The zero-order chi connectivity index (χ0) is 12.1. The molecule has 0 saturated heterocycles. The van der Waals surface area contributed by atoms with Gasteiger partial charge in [-0.15, -0.1) is 10.2 Å². The van der Waals surface area contributed by atoms with Crippen molar-refractivity contribution in [2.45, 2.75) is 33.6 Å². The monoisotopic (exact) mass is 228 g/mol. The van der Waals surface area contributed by atoms with Crippen molar-refractivity contribution in [2.24, 2.45) is 0 Å². The van der Waals surface area contributed by atoms with E-state index in [9.17, 15) is 8.78 Å². The van der Waals surface area contributed by atoms with Crippen molar-refractivity contribution in [3.8, 4) is 0 Å². The Bertz CT molecular complexity index is 408. The summed E-state index contributed by atoms with van der Waals surface area (Å²) in [7, 11) is 0. The van der Waals surface area contributed by atoms with Gasteiger partial charge in [-0.3, -0.25) is 0 Å². The maximum atomic E-state index is 12.2. The molecular formula is C11H14F2N2O. The summed E-state index contributed by atoms with van der Waals surface area (Å²) in [5, 5.41) is 6.80. The Morgan fingerprint density at radius 1 is 1.31 bits per heavy atom. The average Bonchev–Trinajstić information content (AvgIpc) is 2.74. The summed E-state index contributed by atoms with van der Waals surface area (Å²) in [6.45, 7) is 5.76. The molecule has 0 amide bonds. The van der Waals surface area contributed by atoms with Crippen molar-refractivity contribution in [1.82, 2.24) is 10.2 Å². The molecule has 88 valence electrons. The van der Waals surface area contributed by atoms with Crippen molar-refractivity contribution < 1.29 is 13.2 Å². The van der Waals surface area contributed by atoms with Crippen molar-refractivity contribution in [2.75, 3.05) is 0 Å². The first-order valence-electron chi connectivity index (χ1n) is 5.00. The van der Waals surface area contributed by atoms with Crippen LogP contribution in [0.25, 0.3) is 5.57 Å².